The van der Waals surface area contributed by atoms with E-state index < -0.39 is 10.0 Å². The highest BCUT2D eigenvalue weighted by molar-refractivity contribution is 7.92. The van der Waals surface area contributed by atoms with Crippen molar-refractivity contribution in [3.8, 4) is 5.75 Å². The second-order valence-corrected chi connectivity index (χ2v) is 9.98. The molecular formula is C26H30N2O4S. The Hall–Kier alpha value is -3.32. The van der Waals surface area contributed by atoms with E-state index in [1.807, 2.05) is 19.9 Å². The van der Waals surface area contributed by atoms with Gasteiger partial charge in [-0.1, -0.05) is 32.0 Å². The molecule has 0 heterocycles. The highest BCUT2D eigenvalue weighted by Crippen LogP contribution is 2.32. The van der Waals surface area contributed by atoms with Crippen LogP contribution in [-0.2, 0) is 10.0 Å². The molecule has 3 rings (SSSR count). The van der Waals surface area contributed by atoms with E-state index >= 15 is 0 Å². The first-order valence-corrected chi connectivity index (χ1v) is 12.3. The summed E-state index contributed by atoms with van der Waals surface area (Å²) in [4.78, 5) is 13.0. The summed E-state index contributed by atoms with van der Waals surface area (Å²) >= 11 is 0. The molecule has 0 aliphatic rings. The Balaban J connectivity index is 1.73. The average molecular weight is 467 g/mol. The van der Waals surface area contributed by atoms with Crippen LogP contribution in [0.4, 0.5) is 5.69 Å². The molecular weight excluding hydrogens is 436 g/mol. The number of benzene rings is 3. The van der Waals surface area contributed by atoms with Crippen molar-refractivity contribution in [1.29, 1.82) is 0 Å². The van der Waals surface area contributed by atoms with Gasteiger partial charge in [0.15, 0.2) is 0 Å². The average Bonchev–Trinajstić information content (AvgIpc) is 2.79. The Bertz CT molecular complexity index is 1220. The lowest BCUT2D eigenvalue weighted by Gasteiger charge is -2.21. The third kappa shape index (κ3) is 5.73. The molecule has 0 aliphatic heterocycles. The number of amides is 1. The minimum Gasteiger partial charge on any atom is -0.496 e. The van der Waals surface area contributed by atoms with Crippen molar-refractivity contribution in [2.24, 2.45) is 0 Å². The van der Waals surface area contributed by atoms with Gasteiger partial charge in [-0.2, -0.15) is 0 Å². The third-order valence-electron chi connectivity index (χ3n) is 5.51. The first-order chi connectivity index (χ1) is 15.6. The highest BCUT2D eigenvalue weighted by Gasteiger charge is 2.18. The lowest BCUT2D eigenvalue weighted by molar-refractivity contribution is 0.0940. The molecule has 174 valence electrons. The molecule has 1 atom stereocenters. The molecule has 1 amide bonds. The number of aryl methyl sites for hydroxylation is 1. The van der Waals surface area contributed by atoms with Gasteiger partial charge in [-0.15, -0.1) is 0 Å². The van der Waals surface area contributed by atoms with Gasteiger partial charge in [-0.3, -0.25) is 9.52 Å². The van der Waals surface area contributed by atoms with Gasteiger partial charge in [0.25, 0.3) is 15.9 Å². The van der Waals surface area contributed by atoms with E-state index in [1.165, 1.54) is 12.1 Å². The summed E-state index contributed by atoms with van der Waals surface area (Å²) in [5, 5.41) is 3.03. The molecule has 3 aromatic rings. The maximum atomic E-state index is 12.8. The van der Waals surface area contributed by atoms with E-state index in [9.17, 15) is 13.2 Å². The molecule has 3 aromatic carbocycles. The lowest BCUT2D eigenvalue weighted by atomic mass is 9.93. The summed E-state index contributed by atoms with van der Waals surface area (Å²) in [6.07, 6.45) is 0. The van der Waals surface area contributed by atoms with Crippen LogP contribution >= 0.6 is 0 Å². The molecule has 2 N–H and O–H groups in total. The van der Waals surface area contributed by atoms with Crippen LogP contribution in [0.25, 0.3) is 0 Å². The van der Waals surface area contributed by atoms with Gasteiger partial charge in [0.1, 0.15) is 5.75 Å². The Kier molecular flexibility index (Phi) is 7.43. The SMILES string of the molecule is COc1cc(C)c(C(C)NC(=O)c2ccc(NS(=O)(=O)c3ccccc3)cc2)cc1C(C)C. The molecule has 0 aliphatic carbocycles. The molecule has 0 spiro atoms. The molecule has 33 heavy (non-hydrogen) atoms. The molecule has 0 fully saturated rings. The Morgan fingerprint density at radius 2 is 1.55 bits per heavy atom. The van der Waals surface area contributed by atoms with Crippen molar-refractivity contribution >= 4 is 21.6 Å². The molecule has 0 radical (unpaired) electrons. The fourth-order valence-electron chi connectivity index (χ4n) is 3.67. The molecule has 0 bridgehead atoms. The summed E-state index contributed by atoms with van der Waals surface area (Å²) in [5.74, 6) is 0.897. The number of carbonyl (C=O) groups is 1. The number of sulfonamides is 1. The molecule has 6 nitrogen and oxygen atoms in total. The second kappa shape index (κ2) is 10.1. The second-order valence-electron chi connectivity index (χ2n) is 8.30. The molecule has 0 aromatic heterocycles. The van der Waals surface area contributed by atoms with Crippen molar-refractivity contribution in [1.82, 2.24) is 5.32 Å². The molecule has 7 heteroatoms. The van der Waals surface area contributed by atoms with Gasteiger partial charge in [0.05, 0.1) is 18.0 Å². The highest BCUT2D eigenvalue weighted by atomic mass is 32.2. The third-order valence-corrected chi connectivity index (χ3v) is 6.90. The van der Waals surface area contributed by atoms with E-state index in [-0.39, 0.29) is 22.8 Å². The van der Waals surface area contributed by atoms with Crippen LogP contribution in [0.3, 0.4) is 0 Å². The first kappa shape index (κ1) is 24.3. The topological polar surface area (TPSA) is 84.5 Å². The zero-order valence-electron chi connectivity index (χ0n) is 19.5. The Morgan fingerprint density at radius 3 is 2.12 bits per heavy atom. The number of nitrogens with one attached hydrogen (secondary N) is 2. The minimum absolute atomic E-state index is 0.177. The number of rotatable bonds is 8. The van der Waals surface area contributed by atoms with Crippen LogP contribution in [0, 0.1) is 6.92 Å². The summed E-state index contributed by atoms with van der Waals surface area (Å²) in [6.45, 7) is 8.15. The van der Waals surface area contributed by atoms with Crippen LogP contribution in [0.1, 0.15) is 59.8 Å². The van der Waals surface area contributed by atoms with E-state index in [0.29, 0.717) is 11.3 Å². The fourth-order valence-corrected chi connectivity index (χ4v) is 4.75. The fraction of sp³-hybridized carbons (Fsp3) is 0.269. The summed E-state index contributed by atoms with van der Waals surface area (Å²) in [7, 11) is -2.02. The Labute approximate surface area is 196 Å². The summed E-state index contributed by atoms with van der Waals surface area (Å²) in [6, 6.07) is 18.4. The maximum Gasteiger partial charge on any atom is 0.261 e. The lowest BCUT2D eigenvalue weighted by Crippen LogP contribution is -2.27. The number of hydrogen-bond acceptors (Lipinski definition) is 4. The van der Waals surface area contributed by atoms with Crippen molar-refractivity contribution < 1.29 is 17.9 Å². The van der Waals surface area contributed by atoms with E-state index in [0.717, 1.165) is 22.4 Å². The quantitative estimate of drug-likeness (QED) is 0.464. The zero-order valence-corrected chi connectivity index (χ0v) is 20.4. The van der Waals surface area contributed by atoms with Crippen LogP contribution in [-0.4, -0.2) is 21.4 Å². The van der Waals surface area contributed by atoms with E-state index in [4.69, 9.17) is 4.74 Å². The van der Waals surface area contributed by atoms with Gasteiger partial charge in [-0.25, -0.2) is 8.42 Å². The van der Waals surface area contributed by atoms with E-state index in [1.54, 1.807) is 49.6 Å². The van der Waals surface area contributed by atoms with Crippen LogP contribution in [0.2, 0.25) is 0 Å². The van der Waals surface area contributed by atoms with Gasteiger partial charge >= 0.3 is 0 Å². The van der Waals surface area contributed by atoms with Gasteiger partial charge < -0.3 is 10.1 Å². The molecule has 1 unspecified atom stereocenters. The first-order valence-electron chi connectivity index (χ1n) is 10.8. The zero-order chi connectivity index (χ0) is 24.2. The van der Waals surface area contributed by atoms with Gasteiger partial charge in [0.2, 0.25) is 0 Å². The van der Waals surface area contributed by atoms with Crippen LogP contribution in [0.5, 0.6) is 5.75 Å². The summed E-state index contributed by atoms with van der Waals surface area (Å²) in [5.41, 5.74) is 3.99. The van der Waals surface area contributed by atoms with Gasteiger partial charge in [-0.05, 0) is 85.0 Å². The number of carbonyl (C=O) groups excluding carboxylic acids is 1. The van der Waals surface area contributed by atoms with Crippen LogP contribution < -0.4 is 14.8 Å². The minimum atomic E-state index is -3.68. The van der Waals surface area contributed by atoms with Crippen LogP contribution in [0.15, 0.2) is 71.6 Å². The number of methoxy groups -OCH3 is 1. The predicted molar refractivity (Wildman–Crippen MR) is 131 cm³/mol. The smallest absolute Gasteiger partial charge is 0.261 e. The standard InChI is InChI=1S/C26H30N2O4S/c1-17(2)23-16-24(18(3)15-25(23)32-5)19(4)27-26(29)20-11-13-21(14-12-20)28-33(30,31)22-9-7-6-8-10-22/h6-17,19,28H,1-5H3,(H,27,29). The summed E-state index contributed by atoms with van der Waals surface area (Å²) < 4.78 is 33.0. The Morgan fingerprint density at radius 1 is 0.909 bits per heavy atom. The molecule has 0 saturated heterocycles. The maximum absolute atomic E-state index is 12.8. The number of anilines is 1. The van der Waals surface area contributed by atoms with Crippen molar-refractivity contribution in [3.63, 3.8) is 0 Å². The van der Waals surface area contributed by atoms with Crippen molar-refractivity contribution in [2.45, 2.75) is 44.6 Å². The number of ether oxygens (including phenoxy) is 1. The number of hydrogen-bond donors (Lipinski definition) is 2. The normalized spacial score (nSPS) is 12.3. The monoisotopic (exact) mass is 466 g/mol. The predicted octanol–water partition coefficient (Wildman–Crippen LogP) is 5.42. The largest absolute Gasteiger partial charge is 0.496 e. The van der Waals surface area contributed by atoms with Gasteiger partial charge in [0, 0.05) is 11.3 Å². The van der Waals surface area contributed by atoms with Crippen molar-refractivity contribution in [2.75, 3.05) is 11.8 Å². The van der Waals surface area contributed by atoms with E-state index in [2.05, 4.69) is 30.0 Å². The molecule has 0 saturated carbocycles. The van der Waals surface area contributed by atoms with Crippen molar-refractivity contribution in [3.05, 3.63) is 89.0 Å².